The molecule has 1 heterocycles. The number of carbonyl (C=O) groups excluding carboxylic acids is 1. The van der Waals surface area contributed by atoms with Gasteiger partial charge in [-0.3, -0.25) is 9.69 Å². The highest BCUT2D eigenvalue weighted by Gasteiger charge is 2.33. The summed E-state index contributed by atoms with van der Waals surface area (Å²) in [7, 11) is 0. The van der Waals surface area contributed by atoms with E-state index in [1.54, 1.807) is 0 Å². The number of halogens is 2. The summed E-state index contributed by atoms with van der Waals surface area (Å²) in [4.78, 5) is 14.6. The van der Waals surface area contributed by atoms with Gasteiger partial charge in [-0.2, -0.15) is 0 Å². The highest BCUT2D eigenvalue weighted by atomic mass is 35.5. The maximum Gasteiger partial charge on any atom is 0.252 e. The van der Waals surface area contributed by atoms with Crippen molar-refractivity contribution < 1.29 is 13.9 Å². The Morgan fingerprint density at radius 2 is 2.00 bits per heavy atom. The lowest BCUT2D eigenvalue weighted by molar-refractivity contribution is -0.0948. The minimum atomic E-state index is -0.455. The third-order valence-corrected chi connectivity index (χ3v) is 4.45. The highest BCUT2D eigenvalue weighted by molar-refractivity contribution is 6.33. The zero-order chi connectivity index (χ0) is 17.2. The van der Waals surface area contributed by atoms with Gasteiger partial charge in [-0.25, -0.2) is 4.39 Å². The van der Waals surface area contributed by atoms with E-state index in [0.29, 0.717) is 6.54 Å². The van der Waals surface area contributed by atoms with Gasteiger partial charge in [0.1, 0.15) is 5.82 Å². The Bertz CT molecular complexity index is 570. The van der Waals surface area contributed by atoms with Gasteiger partial charge in [-0.1, -0.05) is 11.6 Å². The Morgan fingerprint density at radius 1 is 1.39 bits per heavy atom. The molecule has 0 spiro atoms. The summed E-state index contributed by atoms with van der Waals surface area (Å²) >= 11 is 5.93. The number of rotatable bonds is 4. The number of morpholine rings is 1. The van der Waals surface area contributed by atoms with E-state index in [2.05, 4.69) is 37.9 Å². The van der Waals surface area contributed by atoms with Crippen LogP contribution in [0.25, 0.3) is 0 Å². The quantitative estimate of drug-likeness (QED) is 0.914. The van der Waals surface area contributed by atoms with Gasteiger partial charge in [0, 0.05) is 25.2 Å². The van der Waals surface area contributed by atoms with Crippen molar-refractivity contribution in [3.63, 3.8) is 0 Å². The van der Waals surface area contributed by atoms with Crippen LogP contribution in [0.2, 0.25) is 5.02 Å². The summed E-state index contributed by atoms with van der Waals surface area (Å²) < 4.78 is 18.8. The molecule has 0 saturated carbocycles. The van der Waals surface area contributed by atoms with Crippen LogP contribution in [-0.2, 0) is 4.74 Å². The molecule has 2 rings (SSSR count). The molecule has 1 amide bonds. The molecule has 1 aliphatic rings. The predicted octanol–water partition coefficient (Wildman–Crippen LogP) is 3.10. The van der Waals surface area contributed by atoms with Crippen molar-refractivity contribution >= 4 is 17.5 Å². The van der Waals surface area contributed by atoms with Crippen LogP contribution >= 0.6 is 11.6 Å². The van der Waals surface area contributed by atoms with Crippen LogP contribution in [0.5, 0.6) is 0 Å². The second-order valence-corrected chi connectivity index (χ2v) is 7.19. The molecule has 0 aliphatic carbocycles. The van der Waals surface area contributed by atoms with Crippen LogP contribution in [0.1, 0.15) is 38.1 Å². The largest absolute Gasteiger partial charge is 0.373 e. The van der Waals surface area contributed by atoms with Gasteiger partial charge in [0.05, 0.1) is 22.8 Å². The van der Waals surface area contributed by atoms with E-state index in [4.69, 9.17) is 16.3 Å². The molecule has 0 radical (unpaired) electrons. The molecule has 2 unspecified atom stereocenters. The van der Waals surface area contributed by atoms with Gasteiger partial charge in [-0.15, -0.1) is 0 Å². The zero-order valence-corrected chi connectivity index (χ0v) is 14.8. The fourth-order valence-electron chi connectivity index (χ4n) is 2.85. The van der Waals surface area contributed by atoms with E-state index in [-0.39, 0.29) is 34.2 Å². The highest BCUT2D eigenvalue weighted by Crippen LogP contribution is 2.21. The molecule has 1 aromatic carbocycles. The molecule has 23 heavy (non-hydrogen) atoms. The molecule has 1 aromatic rings. The minimum absolute atomic E-state index is 0.119. The lowest BCUT2D eigenvalue weighted by atomic mass is 10.00. The first kappa shape index (κ1) is 18.2. The van der Waals surface area contributed by atoms with Crippen molar-refractivity contribution in [2.45, 2.75) is 45.4 Å². The van der Waals surface area contributed by atoms with E-state index in [0.717, 1.165) is 19.2 Å². The van der Waals surface area contributed by atoms with E-state index < -0.39 is 5.82 Å². The monoisotopic (exact) mass is 342 g/mol. The number of nitrogens with one attached hydrogen (secondary N) is 1. The van der Waals surface area contributed by atoms with Crippen molar-refractivity contribution in [1.82, 2.24) is 10.2 Å². The molecular formula is C17H24ClFN2O2. The van der Waals surface area contributed by atoms with E-state index in [1.807, 2.05) is 0 Å². The van der Waals surface area contributed by atoms with Crippen molar-refractivity contribution in [1.29, 1.82) is 0 Å². The Labute approximate surface area is 141 Å². The van der Waals surface area contributed by atoms with Crippen LogP contribution in [0, 0.1) is 5.82 Å². The van der Waals surface area contributed by atoms with Gasteiger partial charge < -0.3 is 10.1 Å². The van der Waals surface area contributed by atoms with Crippen molar-refractivity contribution in [2.24, 2.45) is 0 Å². The second kappa shape index (κ2) is 7.16. The van der Waals surface area contributed by atoms with Gasteiger partial charge in [0.2, 0.25) is 0 Å². The maximum atomic E-state index is 13.1. The summed E-state index contributed by atoms with van der Waals surface area (Å²) in [6.45, 7) is 10.4. The Morgan fingerprint density at radius 3 is 2.57 bits per heavy atom. The lowest BCUT2D eigenvalue weighted by Gasteiger charge is -2.45. The smallest absolute Gasteiger partial charge is 0.252 e. The van der Waals surface area contributed by atoms with E-state index in [9.17, 15) is 9.18 Å². The third-order valence-electron chi connectivity index (χ3n) is 4.13. The summed E-state index contributed by atoms with van der Waals surface area (Å²) in [6, 6.07) is 3.78. The van der Waals surface area contributed by atoms with Gasteiger partial charge in [-0.05, 0) is 45.9 Å². The Hall–Kier alpha value is -1.17. The van der Waals surface area contributed by atoms with Crippen LogP contribution < -0.4 is 5.32 Å². The molecule has 0 bridgehead atoms. The normalized spacial score (nSPS) is 22.9. The average molecular weight is 343 g/mol. The molecular weight excluding hydrogens is 319 g/mol. The molecule has 1 fully saturated rings. The minimum Gasteiger partial charge on any atom is -0.373 e. The van der Waals surface area contributed by atoms with Gasteiger partial charge >= 0.3 is 0 Å². The number of amides is 1. The number of benzene rings is 1. The molecule has 6 heteroatoms. The summed E-state index contributed by atoms with van der Waals surface area (Å²) in [6.07, 6.45) is 0.334. The number of ether oxygens (including phenoxy) is 1. The van der Waals surface area contributed by atoms with E-state index in [1.165, 1.54) is 12.1 Å². The van der Waals surface area contributed by atoms with Crippen molar-refractivity contribution in [2.75, 3.05) is 19.6 Å². The fourth-order valence-corrected chi connectivity index (χ4v) is 3.10. The first-order valence-electron chi connectivity index (χ1n) is 7.83. The van der Waals surface area contributed by atoms with Crippen molar-refractivity contribution in [3.8, 4) is 0 Å². The number of hydrogen-bond acceptors (Lipinski definition) is 3. The third kappa shape index (κ3) is 4.66. The van der Waals surface area contributed by atoms with Crippen LogP contribution in [0.4, 0.5) is 4.39 Å². The number of carbonyl (C=O) groups is 1. The number of nitrogens with zero attached hydrogens (tertiary/aromatic N) is 1. The standard InChI is InChI=1S/C17H24ClFN2O2/c1-11-8-21(9-12(2)23-11)17(3,4)10-20-16(22)14-6-5-13(19)7-15(14)18/h5-7,11-12H,8-10H2,1-4H3,(H,20,22). The van der Waals surface area contributed by atoms with Gasteiger partial charge in [0.15, 0.2) is 0 Å². The number of hydrogen-bond donors (Lipinski definition) is 1. The summed E-state index contributed by atoms with van der Waals surface area (Å²) in [5.41, 5.74) is 0.0710. The maximum absolute atomic E-state index is 13.1. The van der Waals surface area contributed by atoms with E-state index >= 15 is 0 Å². The molecule has 1 aliphatic heterocycles. The lowest BCUT2D eigenvalue weighted by Crippen LogP contribution is -2.58. The average Bonchev–Trinajstić information content (AvgIpc) is 2.44. The Kier molecular flexibility index (Phi) is 5.65. The molecule has 1 saturated heterocycles. The molecule has 4 nitrogen and oxygen atoms in total. The van der Waals surface area contributed by atoms with Crippen LogP contribution in [0.3, 0.4) is 0 Å². The predicted molar refractivity (Wildman–Crippen MR) is 89.4 cm³/mol. The second-order valence-electron chi connectivity index (χ2n) is 6.78. The van der Waals surface area contributed by atoms with Gasteiger partial charge in [0.25, 0.3) is 5.91 Å². The molecule has 1 N–H and O–H groups in total. The topological polar surface area (TPSA) is 41.6 Å². The Balaban J connectivity index is 1.99. The first-order chi connectivity index (χ1) is 10.7. The van der Waals surface area contributed by atoms with Crippen molar-refractivity contribution in [3.05, 3.63) is 34.6 Å². The fraction of sp³-hybridized carbons (Fsp3) is 0.588. The molecule has 128 valence electrons. The first-order valence-corrected chi connectivity index (χ1v) is 8.20. The molecule has 0 aromatic heterocycles. The zero-order valence-electron chi connectivity index (χ0n) is 14.0. The molecule has 2 atom stereocenters. The summed E-state index contributed by atoms with van der Waals surface area (Å²) in [5.74, 6) is -0.749. The van der Waals surface area contributed by atoms with Crippen LogP contribution in [-0.4, -0.2) is 48.2 Å². The SMILES string of the molecule is CC1CN(C(C)(C)CNC(=O)c2ccc(F)cc2Cl)CC(C)O1. The van der Waals surface area contributed by atoms with Crippen LogP contribution in [0.15, 0.2) is 18.2 Å². The summed E-state index contributed by atoms with van der Waals surface area (Å²) in [5, 5.41) is 3.02.